The van der Waals surface area contributed by atoms with Gasteiger partial charge in [-0.1, -0.05) is 0 Å². The fourth-order valence-corrected chi connectivity index (χ4v) is 2.34. The number of rotatable bonds is 6. The highest BCUT2D eigenvalue weighted by Crippen LogP contribution is 2.28. The lowest BCUT2D eigenvalue weighted by atomic mass is 9.92. The molecule has 19 heavy (non-hydrogen) atoms. The minimum absolute atomic E-state index is 0.334. The van der Waals surface area contributed by atoms with E-state index in [0.29, 0.717) is 18.6 Å². The summed E-state index contributed by atoms with van der Waals surface area (Å²) in [7, 11) is 2.12. The monoisotopic (exact) mass is 263 g/mol. The van der Waals surface area contributed by atoms with Crippen molar-refractivity contribution in [3.8, 4) is 0 Å². The van der Waals surface area contributed by atoms with Crippen LogP contribution in [-0.2, 0) is 0 Å². The average molecular weight is 263 g/mol. The van der Waals surface area contributed by atoms with Crippen LogP contribution in [0.3, 0.4) is 0 Å². The van der Waals surface area contributed by atoms with Gasteiger partial charge in [0.2, 0.25) is 0 Å². The second kappa shape index (κ2) is 6.19. The summed E-state index contributed by atoms with van der Waals surface area (Å²) in [6.45, 7) is 4.75. The predicted molar refractivity (Wildman–Crippen MR) is 79.6 cm³/mol. The van der Waals surface area contributed by atoms with Crippen molar-refractivity contribution in [2.24, 2.45) is 5.73 Å². The molecule has 1 atom stereocenters. The van der Waals surface area contributed by atoms with Crippen LogP contribution in [0, 0.1) is 6.92 Å². The summed E-state index contributed by atoms with van der Waals surface area (Å²) in [6, 6.07) is 3.02. The van der Waals surface area contributed by atoms with Gasteiger partial charge in [-0.25, -0.2) is 9.97 Å². The van der Waals surface area contributed by atoms with Crippen molar-refractivity contribution < 1.29 is 0 Å². The molecule has 0 spiro atoms. The largest absolute Gasteiger partial charge is 0.367 e. The Bertz CT molecular complexity index is 416. The average Bonchev–Trinajstić information content (AvgIpc) is 2.25. The first-order valence-corrected chi connectivity index (χ1v) is 7.15. The highest BCUT2D eigenvalue weighted by Gasteiger charge is 2.23. The summed E-state index contributed by atoms with van der Waals surface area (Å²) in [5.74, 6) is 2.72. The Morgan fingerprint density at radius 3 is 2.79 bits per heavy atom. The van der Waals surface area contributed by atoms with Crippen molar-refractivity contribution in [2.75, 3.05) is 23.8 Å². The van der Waals surface area contributed by atoms with E-state index in [1.807, 2.05) is 13.0 Å². The normalized spacial score (nSPS) is 16.8. The van der Waals surface area contributed by atoms with E-state index in [1.165, 1.54) is 19.3 Å². The van der Waals surface area contributed by atoms with Gasteiger partial charge < -0.3 is 16.0 Å². The minimum Gasteiger partial charge on any atom is -0.367 e. The summed E-state index contributed by atoms with van der Waals surface area (Å²) >= 11 is 0. The van der Waals surface area contributed by atoms with Gasteiger partial charge in [0.15, 0.2) is 0 Å². The molecule has 0 bridgehead atoms. The number of nitrogens with zero attached hydrogens (tertiary/aromatic N) is 3. The molecule has 0 radical (unpaired) electrons. The van der Waals surface area contributed by atoms with Crippen LogP contribution in [0.25, 0.3) is 0 Å². The number of nitrogens with two attached hydrogens (primary N) is 1. The summed E-state index contributed by atoms with van der Waals surface area (Å²) in [6.07, 6.45) is 4.81. The van der Waals surface area contributed by atoms with E-state index in [2.05, 4.69) is 34.2 Å². The Kier molecular flexibility index (Phi) is 4.58. The SMILES string of the molecule is Cc1nc(NC(C)CCN)cc(N(C)C2CCC2)n1. The summed E-state index contributed by atoms with van der Waals surface area (Å²) in [4.78, 5) is 11.3. The second-order valence-electron chi connectivity index (χ2n) is 5.48. The van der Waals surface area contributed by atoms with Crippen molar-refractivity contribution in [1.82, 2.24) is 9.97 Å². The van der Waals surface area contributed by atoms with Gasteiger partial charge in [0, 0.05) is 25.2 Å². The number of aryl methyl sites for hydroxylation is 1. The Morgan fingerprint density at radius 1 is 1.47 bits per heavy atom. The fourth-order valence-electron chi connectivity index (χ4n) is 2.34. The van der Waals surface area contributed by atoms with Crippen molar-refractivity contribution in [3.05, 3.63) is 11.9 Å². The van der Waals surface area contributed by atoms with Gasteiger partial charge in [0.1, 0.15) is 17.5 Å². The van der Waals surface area contributed by atoms with E-state index in [0.717, 1.165) is 23.9 Å². The lowest BCUT2D eigenvalue weighted by Crippen LogP contribution is -2.37. The van der Waals surface area contributed by atoms with E-state index in [1.54, 1.807) is 0 Å². The Labute approximate surface area is 115 Å². The molecule has 0 aliphatic heterocycles. The molecule has 1 aromatic rings. The van der Waals surface area contributed by atoms with E-state index < -0.39 is 0 Å². The first-order valence-electron chi connectivity index (χ1n) is 7.15. The van der Waals surface area contributed by atoms with E-state index in [-0.39, 0.29) is 0 Å². The fraction of sp³-hybridized carbons (Fsp3) is 0.714. The van der Waals surface area contributed by atoms with Crippen molar-refractivity contribution in [3.63, 3.8) is 0 Å². The Balaban J connectivity index is 2.09. The lowest BCUT2D eigenvalue weighted by Gasteiger charge is -2.35. The van der Waals surface area contributed by atoms with Crippen molar-refractivity contribution in [2.45, 2.75) is 51.6 Å². The quantitative estimate of drug-likeness (QED) is 0.821. The highest BCUT2D eigenvalue weighted by atomic mass is 15.2. The Hall–Kier alpha value is -1.36. The topological polar surface area (TPSA) is 67.1 Å². The summed E-state index contributed by atoms with van der Waals surface area (Å²) in [5.41, 5.74) is 5.58. The molecule has 1 aliphatic carbocycles. The molecule has 3 N–H and O–H groups in total. The third kappa shape index (κ3) is 3.56. The summed E-state index contributed by atoms with van der Waals surface area (Å²) in [5, 5.41) is 3.40. The highest BCUT2D eigenvalue weighted by molar-refractivity contribution is 5.50. The summed E-state index contributed by atoms with van der Waals surface area (Å²) < 4.78 is 0. The van der Waals surface area contributed by atoms with Gasteiger partial charge in [0.25, 0.3) is 0 Å². The maximum Gasteiger partial charge on any atom is 0.134 e. The molecular formula is C14H25N5. The van der Waals surface area contributed by atoms with Crippen LogP contribution in [0.4, 0.5) is 11.6 Å². The van der Waals surface area contributed by atoms with Gasteiger partial charge in [0.05, 0.1) is 0 Å². The maximum absolute atomic E-state index is 5.58. The molecule has 2 rings (SSSR count). The van der Waals surface area contributed by atoms with Crippen LogP contribution in [0.2, 0.25) is 0 Å². The van der Waals surface area contributed by atoms with E-state index >= 15 is 0 Å². The van der Waals surface area contributed by atoms with Crippen molar-refractivity contribution >= 4 is 11.6 Å². The van der Waals surface area contributed by atoms with Crippen LogP contribution in [-0.4, -0.2) is 35.6 Å². The molecule has 1 fully saturated rings. The van der Waals surface area contributed by atoms with Crippen LogP contribution < -0.4 is 16.0 Å². The zero-order valence-corrected chi connectivity index (χ0v) is 12.2. The number of hydrogen-bond donors (Lipinski definition) is 2. The third-order valence-electron chi connectivity index (χ3n) is 3.80. The second-order valence-corrected chi connectivity index (χ2v) is 5.48. The zero-order chi connectivity index (χ0) is 13.8. The first-order chi connectivity index (χ1) is 9.10. The molecule has 0 saturated heterocycles. The van der Waals surface area contributed by atoms with Gasteiger partial charge >= 0.3 is 0 Å². The zero-order valence-electron chi connectivity index (χ0n) is 12.2. The molecule has 1 saturated carbocycles. The molecule has 0 aromatic carbocycles. The van der Waals surface area contributed by atoms with Gasteiger partial charge in [-0.05, 0) is 46.1 Å². The molecular weight excluding hydrogens is 238 g/mol. The first kappa shape index (κ1) is 14.1. The van der Waals surface area contributed by atoms with Gasteiger partial charge in [-0.2, -0.15) is 0 Å². The maximum atomic E-state index is 5.58. The third-order valence-corrected chi connectivity index (χ3v) is 3.80. The number of aromatic nitrogens is 2. The number of anilines is 2. The molecule has 0 amide bonds. The lowest BCUT2D eigenvalue weighted by molar-refractivity contribution is 0.399. The van der Waals surface area contributed by atoms with Gasteiger partial charge in [-0.3, -0.25) is 0 Å². The Morgan fingerprint density at radius 2 is 2.21 bits per heavy atom. The van der Waals surface area contributed by atoms with Crippen LogP contribution in [0.5, 0.6) is 0 Å². The standard InChI is InChI=1S/C14H25N5/c1-10(7-8-15)16-13-9-14(18-11(2)17-13)19(3)12-5-4-6-12/h9-10,12H,4-8,15H2,1-3H3,(H,16,17,18). The number of hydrogen-bond acceptors (Lipinski definition) is 5. The molecule has 1 unspecified atom stereocenters. The van der Waals surface area contributed by atoms with E-state index in [9.17, 15) is 0 Å². The minimum atomic E-state index is 0.334. The molecule has 1 aliphatic rings. The molecule has 5 nitrogen and oxygen atoms in total. The van der Waals surface area contributed by atoms with Gasteiger partial charge in [-0.15, -0.1) is 0 Å². The van der Waals surface area contributed by atoms with Crippen LogP contribution in [0.15, 0.2) is 6.07 Å². The predicted octanol–water partition coefficient (Wildman–Crippen LogP) is 1.92. The molecule has 106 valence electrons. The molecule has 5 heteroatoms. The van der Waals surface area contributed by atoms with E-state index in [4.69, 9.17) is 5.73 Å². The van der Waals surface area contributed by atoms with Crippen LogP contribution >= 0.6 is 0 Å². The molecule has 1 aromatic heterocycles. The molecule has 1 heterocycles. The number of nitrogens with one attached hydrogen (secondary N) is 1. The van der Waals surface area contributed by atoms with Crippen molar-refractivity contribution in [1.29, 1.82) is 0 Å². The van der Waals surface area contributed by atoms with Crippen LogP contribution in [0.1, 0.15) is 38.4 Å². The smallest absolute Gasteiger partial charge is 0.134 e.